The molecule has 0 aromatic heterocycles. The van der Waals surface area contributed by atoms with Gasteiger partial charge in [0.15, 0.2) is 0 Å². The van der Waals surface area contributed by atoms with E-state index in [4.69, 9.17) is 0 Å². The monoisotopic (exact) mass is 261 g/mol. The summed E-state index contributed by atoms with van der Waals surface area (Å²) in [6.07, 6.45) is 2.44. The lowest BCUT2D eigenvalue weighted by molar-refractivity contribution is 0.288. The molecule has 2 aromatic carbocycles. The van der Waals surface area contributed by atoms with Crippen molar-refractivity contribution in [2.24, 2.45) is 0 Å². The fraction of sp³-hybridized carbons (Fsp3) is 0.263. The summed E-state index contributed by atoms with van der Waals surface area (Å²) >= 11 is 0. The first-order valence-corrected chi connectivity index (χ1v) is 7.26. The fourth-order valence-electron chi connectivity index (χ4n) is 2.68. The van der Waals surface area contributed by atoms with Gasteiger partial charge in [0.05, 0.1) is 6.04 Å². The van der Waals surface area contributed by atoms with E-state index in [0.29, 0.717) is 6.04 Å². The smallest absolute Gasteiger partial charge is 0.0721 e. The third-order valence-corrected chi connectivity index (χ3v) is 3.75. The Labute approximate surface area is 121 Å². The molecule has 1 saturated heterocycles. The van der Waals surface area contributed by atoms with Crippen molar-refractivity contribution >= 4 is 0 Å². The van der Waals surface area contributed by atoms with Crippen LogP contribution in [0.4, 0.5) is 0 Å². The van der Waals surface area contributed by atoms with Gasteiger partial charge in [-0.15, -0.1) is 0 Å². The first-order chi connectivity index (χ1) is 9.92. The van der Waals surface area contributed by atoms with Crippen LogP contribution in [-0.4, -0.2) is 17.5 Å². The molecule has 1 heteroatoms. The Hall–Kier alpha value is -2.04. The standard InChI is InChI=1S/C19H19N/c1-3-8-17(9-4-1)13-14-19-12-7-15-20(19)16-18-10-5-2-6-11-18/h1-6,8-11,19H,7,12,15-16H2. The largest absolute Gasteiger partial charge is 0.285 e. The number of benzene rings is 2. The van der Waals surface area contributed by atoms with Crippen molar-refractivity contribution in [2.45, 2.75) is 25.4 Å². The van der Waals surface area contributed by atoms with Gasteiger partial charge in [0.25, 0.3) is 0 Å². The summed E-state index contributed by atoms with van der Waals surface area (Å²) in [4.78, 5) is 2.49. The van der Waals surface area contributed by atoms with Gasteiger partial charge in [-0.1, -0.05) is 60.4 Å². The van der Waals surface area contributed by atoms with Crippen molar-refractivity contribution in [3.63, 3.8) is 0 Å². The van der Waals surface area contributed by atoms with Gasteiger partial charge in [-0.05, 0) is 37.1 Å². The van der Waals surface area contributed by atoms with E-state index in [1.807, 2.05) is 18.2 Å². The highest BCUT2D eigenvalue weighted by Crippen LogP contribution is 2.19. The maximum atomic E-state index is 3.44. The first-order valence-electron chi connectivity index (χ1n) is 7.26. The minimum Gasteiger partial charge on any atom is -0.285 e. The minimum atomic E-state index is 0.399. The first kappa shape index (κ1) is 13.0. The molecule has 20 heavy (non-hydrogen) atoms. The Morgan fingerprint density at radius 1 is 0.950 bits per heavy atom. The van der Waals surface area contributed by atoms with Crippen molar-refractivity contribution in [1.82, 2.24) is 4.90 Å². The zero-order valence-electron chi connectivity index (χ0n) is 11.6. The molecule has 1 aliphatic heterocycles. The molecule has 1 aliphatic rings. The van der Waals surface area contributed by atoms with Crippen LogP contribution in [0.3, 0.4) is 0 Å². The summed E-state index contributed by atoms with van der Waals surface area (Å²) in [6.45, 7) is 2.16. The summed E-state index contributed by atoms with van der Waals surface area (Å²) in [6, 6.07) is 21.3. The second-order valence-electron chi connectivity index (χ2n) is 5.25. The van der Waals surface area contributed by atoms with Crippen molar-refractivity contribution in [3.05, 3.63) is 71.8 Å². The van der Waals surface area contributed by atoms with Crippen LogP contribution in [0.15, 0.2) is 60.7 Å². The molecule has 100 valence electrons. The average Bonchev–Trinajstić information content (AvgIpc) is 2.94. The molecule has 0 saturated carbocycles. The molecule has 2 aromatic rings. The lowest BCUT2D eigenvalue weighted by atomic mass is 10.1. The van der Waals surface area contributed by atoms with Crippen LogP contribution in [0.25, 0.3) is 0 Å². The van der Waals surface area contributed by atoms with Crippen LogP contribution >= 0.6 is 0 Å². The summed E-state index contributed by atoms with van der Waals surface area (Å²) in [5.74, 6) is 6.75. The summed E-state index contributed by atoms with van der Waals surface area (Å²) in [7, 11) is 0. The molecule has 3 rings (SSSR count). The van der Waals surface area contributed by atoms with E-state index in [0.717, 1.165) is 18.7 Å². The zero-order chi connectivity index (χ0) is 13.6. The van der Waals surface area contributed by atoms with Crippen LogP contribution in [-0.2, 0) is 6.54 Å². The third kappa shape index (κ3) is 3.29. The van der Waals surface area contributed by atoms with E-state index in [1.165, 1.54) is 18.4 Å². The van der Waals surface area contributed by atoms with Crippen LogP contribution in [0.1, 0.15) is 24.0 Å². The summed E-state index contributed by atoms with van der Waals surface area (Å²) in [5, 5.41) is 0. The van der Waals surface area contributed by atoms with Crippen LogP contribution < -0.4 is 0 Å². The highest BCUT2D eigenvalue weighted by Gasteiger charge is 2.22. The van der Waals surface area contributed by atoms with Gasteiger partial charge in [0, 0.05) is 12.1 Å². The average molecular weight is 261 g/mol. The molecule has 0 aliphatic carbocycles. The van der Waals surface area contributed by atoms with Crippen molar-refractivity contribution in [3.8, 4) is 11.8 Å². The lowest BCUT2D eigenvalue weighted by Gasteiger charge is -2.20. The van der Waals surface area contributed by atoms with E-state index in [-0.39, 0.29) is 0 Å². The topological polar surface area (TPSA) is 3.24 Å². The normalized spacial score (nSPS) is 18.5. The second-order valence-corrected chi connectivity index (χ2v) is 5.25. The number of nitrogens with zero attached hydrogens (tertiary/aromatic N) is 1. The molecule has 0 bridgehead atoms. The van der Waals surface area contributed by atoms with E-state index in [1.54, 1.807) is 0 Å². The highest BCUT2D eigenvalue weighted by molar-refractivity contribution is 5.35. The molecular weight excluding hydrogens is 242 g/mol. The van der Waals surface area contributed by atoms with E-state index in [2.05, 4.69) is 59.2 Å². The summed E-state index contributed by atoms with van der Waals surface area (Å²) in [5.41, 5.74) is 2.49. The number of rotatable bonds is 2. The minimum absolute atomic E-state index is 0.399. The lowest BCUT2D eigenvalue weighted by Crippen LogP contribution is -2.27. The number of hydrogen-bond donors (Lipinski definition) is 0. The van der Waals surface area contributed by atoms with E-state index < -0.39 is 0 Å². The Bertz CT molecular complexity index is 592. The molecule has 0 radical (unpaired) electrons. The molecule has 1 atom stereocenters. The molecule has 1 heterocycles. The highest BCUT2D eigenvalue weighted by atomic mass is 15.2. The van der Waals surface area contributed by atoms with Gasteiger partial charge in [-0.25, -0.2) is 0 Å². The van der Waals surface area contributed by atoms with Crippen molar-refractivity contribution in [1.29, 1.82) is 0 Å². The molecule has 1 fully saturated rings. The van der Waals surface area contributed by atoms with Gasteiger partial charge >= 0.3 is 0 Å². The van der Waals surface area contributed by atoms with Gasteiger partial charge in [-0.3, -0.25) is 4.90 Å². The molecule has 0 amide bonds. The van der Waals surface area contributed by atoms with Crippen LogP contribution in [0.5, 0.6) is 0 Å². The van der Waals surface area contributed by atoms with Gasteiger partial charge in [0.2, 0.25) is 0 Å². The quantitative estimate of drug-likeness (QED) is 0.745. The van der Waals surface area contributed by atoms with Crippen LogP contribution in [0, 0.1) is 11.8 Å². The zero-order valence-corrected chi connectivity index (χ0v) is 11.6. The Morgan fingerprint density at radius 3 is 2.40 bits per heavy atom. The maximum absolute atomic E-state index is 3.44. The third-order valence-electron chi connectivity index (χ3n) is 3.75. The Morgan fingerprint density at radius 2 is 1.65 bits per heavy atom. The Balaban J connectivity index is 1.69. The van der Waals surface area contributed by atoms with Gasteiger partial charge < -0.3 is 0 Å². The second kappa shape index (κ2) is 6.41. The molecule has 1 nitrogen and oxygen atoms in total. The summed E-state index contributed by atoms with van der Waals surface area (Å²) < 4.78 is 0. The van der Waals surface area contributed by atoms with Gasteiger partial charge in [-0.2, -0.15) is 0 Å². The Kier molecular flexibility index (Phi) is 4.16. The predicted octanol–water partition coefficient (Wildman–Crippen LogP) is 3.70. The molecule has 0 N–H and O–H groups in total. The fourth-order valence-corrected chi connectivity index (χ4v) is 2.68. The number of likely N-dealkylation sites (tertiary alicyclic amines) is 1. The number of hydrogen-bond acceptors (Lipinski definition) is 1. The van der Waals surface area contributed by atoms with Crippen molar-refractivity contribution < 1.29 is 0 Å². The van der Waals surface area contributed by atoms with E-state index in [9.17, 15) is 0 Å². The van der Waals surface area contributed by atoms with Crippen molar-refractivity contribution in [2.75, 3.05) is 6.54 Å². The molecule has 1 unspecified atom stereocenters. The predicted molar refractivity (Wildman–Crippen MR) is 83.2 cm³/mol. The van der Waals surface area contributed by atoms with E-state index >= 15 is 0 Å². The van der Waals surface area contributed by atoms with Crippen LogP contribution in [0.2, 0.25) is 0 Å². The molecular formula is C19H19N. The van der Waals surface area contributed by atoms with Gasteiger partial charge in [0.1, 0.15) is 0 Å². The maximum Gasteiger partial charge on any atom is 0.0721 e. The molecule has 0 spiro atoms. The SMILES string of the molecule is C(#CC1CCCN1Cc1ccccc1)c1ccccc1.